The van der Waals surface area contributed by atoms with Crippen LogP contribution in [0, 0.1) is 5.92 Å². The van der Waals surface area contributed by atoms with E-state index < -0.39 is 5.43 Å². The standard InChI is InChI=1S/C27H41N3O4/c1-2-14-30(16-20-12-13-20)27(33)24-19-29(17-22-11-8-15-34-22)18-23(25(24)31)26(32)28-21-9-6-4-3-5-7-10-21/h18-22H,2-17H2,1H3,(H,28,32). The summed E-state index contributed by atoms with van der Waals surface area (Å²) in [7, 11) is 0. The molecule has 1 aromatic rings. The molecule has 1 saturated heterocycles. The Kier molecular flexibility index (Phi) is 8.81. The van der Waals surface area contributed by atoms with E-state index >= 15 is 0 Å². The van der Waals surface area contributed by atoms with Crippen LogP contribution in [0.15, 0.2) is 17.2 Å². The topological polar surface area (TPSA) is 80.6 Å². The summed E-state index contributed by atoms with van der Waals surface area (Å²) in [5.41, 5.74) is -0.264. The Labute approximate surface area is 203 Å². The molecule has 1 unspecified atom stereocenters. The summed E-state index contributed by atoms with van der Waals surface area (Å²) in [6.07, 6.45) is 16.1. The first-order chi connectivity index (χ1) is 16.5. The number of carbonyl (C=O) groups is 2. The van der Waals surface area contributed by atoms with Crippen molar-refractivity contribution in [2.24, 2.45) is 5.92 Å². The van der Waals surface area contributed by atoms with Gasteiger partial charge in [-0.25, -0.2) is 0 Å². The lowest BCUT2D eigenvalue weighted by molar-refractivity contribution is 0.0743. The molecule has 0 spiro atoms. The zero-order chi connectivity index (χ0) is 23.9. The van der Waals surface area contributed by atoms with Gasteiger partial charge in [-0.15, -0.1) is 0 Å². The minimum absolute atomic E-state index is 0.0465. The van der Waals surface area contributed by atoms with E-state index in [2.05, 4.69) is 5.32 Å². The fourth-order valence-corrected chi connectivity index (χ4v) is 5.27. The number of rotatable bonds is 9. The number of amides is 2. The van der Waals surface area contributed by atoms with Gasteiger partial charge in [0.2, 0.25) is 5.43 Å². The highest BCUT2D eigenvalue weighted by molar-refractivity contribution is 5.99. The van der Waals surface area contributed by atoms with Crippen LogP contribution < -0.4 is 10.7 Å². The molecule has 1 aromatic heterocycles. The number of pyridine rings is 1. The van der Waals surface area contributed by atoms with Gasteiger partial charge in [0.25, 0.3) is 11.8 Å². The second-order valence-electron chi connectivity index (χ2n) is 10.5. The van der Waals surface area contributed by atoms with Gasteiger partial charge in [-0.05, 0) is 50.9 Å². The third-order valence-corrected chi connectivity index (χ3v) is 7.39. The summed E-state index contributed by atoms with van der Waals surface area (Å²) in [6, 6.07) is 0.0876. The normalized spacial score (nSPS) is 21.6. The fraction of sp³-hybridized carbons (Fsp3) is 0.741. The minimum Gasteiger partial charge on any atom is -0.376 e. The van der Waals surface area contributed by atoms with Crippen LogP contribution in [-0.2, 0) is 11.3 Å². The van der Waals surface area contributed by atoms with Gasteiger partial charge in [0.05, 0.1) is 6.10 Å². The molecule has 2 saturated carbocycles. The second-order valence-corrected chi connectivity index (χ2v) is 10.5. The first kappa shape index (κ1) is 25.0. The van der Waals surface area contributed by atoms with E-state index in [0.29, 0.717) is 25.6 Å². The first-order valence-electron chi connectivity index (χ1n) is 13.5. The highest BCUT2D eigenvalue weighted by atomic mass is 16.5. The molecular weight excluding hydrogens is 430 g/mol. The number of nitrogens with zero attached hydrogens (tertiary/aromatic N) is 2. The monoisotopic (exact) mass is 471 g/mol. The van der Waals surface area contributed by atoms with E-state index in [1.807, 2.05) is 11.5 Å². The van der Waals surface area contributed by atoms with E-state index in [0.717, 1.165) is 64.4 Å². The summed E-state index contributed by atoms with van der Waals surface area (Å²) in [4.78, 5) is 42.1. The van der Waals surface area contributed by atoms with Crippen LogP contribution in [0.5, 0.6) is 0 Å². The largest absolute Gasteiger partial charge is 0.376 e. The van der Waals surface area contributed by atoms with Crippen molar-refractivity contribution in [3.8, 4) is 0 Å². The molecule has 1 N–H and O–H groups in total. The van der Waals surface area contributed by atoms with Crippen LogP contribution >= 0.6 is 0 Å². The third-order valence-electron chi connectivity index (χ3n) is 7.39. The van der Waals surface area contributed by atoms with Crippen molar-refractivity contribution in [2.75, 3.05) is 19.7 Å². The Morgan fingerprint density at radius 2 is 1.71 bits per heavy atom. The molecule has 7 heteroatoms. The maximum Gasteiger partial charge on any atom is 0.259 e. The number of hydrogen-bond donors (Lipinski definition) is 1. The number of hydrogen-bond acceptors (Lipinski definition) is 4. The quantitative estimate of drug-likeness (QED) is 0.587. The highest BCUT2D eigenvalue weighted by Gasteiger charge is 2.30. The van der Waals surface area contributed by atoms with E-state index in [1.54, 1.807) is 17.3 Å². The first-order valence-corrected chi connectivity index (χ1v) is 13.5. The van der Waals surface area contributed by atoms with Gasteiger partial charge in [-0.2, -0.15) is 0 Å². The lowest BCUT2D eigenvalue weighted by Gasteiger charge is -2.24. The molecule has 0 radical (unpaired) electrons. The van der Waals surface area contributed by atoms with Gasteiger partial charge in [-0.1, -0.05) is 39.0 Å². The summed E-state index contributed by atoms with van der Waals surface area (Å²) >= 11 is 0. The fourth-order valence-electron chi connectivity index (χ4n) is 5.27. The molecule has 34 heavy (non-hydrogen) atoms. The second kappa shape index (κ2) is 12.0. The average Bonchev–Trinajstić information content (AvgIpc) is 3.48. The van der Waals surface area contributed by atoms with Crippen molar-refractivity contribution >= 4 is 11.8 Å². The molecule has 3 aliphatic rings. The van der Waals surface area contributed by atoms with Crippen LogP contribution in [0.25, 0.3) is 0 Å². The Balaban J connectivity index is 1.60. The van der Waals surface area contributed by atoms with E-state index in [4.69, 9.17) is 4.74 Å². The molecule has 1 atom stereocenters. The minimum atomic E-state index is -0.450. The molecule has 4 rings (SSSR count). The van der Waals surface area contributed by atoms with Crippen molar-refractivity contribution in [1.82, 2.24) is 14.8 Å². The highest BCUT2D eigenvalue weighted by Crippen LogP contribution is 2.30. The molecule has 3 fully saturated rings. The van der Waals surface area contributed by atoms with Gasteiger partial charge in [0.15, 0.2) is 0 Å². The molecule has 2 aliphatic carbocycles. The van der Waals surface area contributed by atoms with Crippen molar-refractivity contribution in [3.63, 3.8) is 0 Å². The summed E-state index contributed by atoms with van der Waals surface area (Å²) in [5.74, 6) is -0.0635. The predicted octanol–water partition coefficient (Wildman–Crippen LogP) is 4.13. The number of nitrogens with one attached hydrogen (secondary N) is 1. The smallest absolute Gasteiger partial charge is 0.259 e. The third kappa shape index (κ3) is 6.71. The average molecular weight is 472 g/mol. The summed E-state index contributed by atoms with van der Waals surface area (Å²) in [5, 5.41) is 3.12. The van der Waals surface area contributed by atoms with Gasteiger partial charge in [0.1, 0.15) is 11.1 Å². The molecule has 0 aromatic carbocycles. The molecule has 1 aliphatic heterocycles. The Morgan fingerprint density at radius 1 is 1.00 bits per heavy atom. The molecule has 2 amide bonds. The molecular formula is C27H41N3O4. The maximum atomic E-state index is 13.5. The van der Waals surface area contributed by atoms with E-state index in [-0.39, 0.29) is 35.1 Å². The molecule has 7 nitrogen and oxygen atoms in total. The number of ether oxygens (including phenoxy) is 1. The van der Waals surface area contributed by atoms with E-state index in [9.17, 15) is 14.4 Å². The van der Waals surface area contributed by atoms with Crippen molar-refractivity contribution in [2.45, 2.75) is 103 Å². The number of aromatic nitrogens is 1. The van der Waals surface area contributed by atoms with Crippen molar-refractivity contribution < 1.29 is 14.3 Å². The Morgan fingerprint density at radius 3 is 2.35 bits per heavy atom. The zero-order valence-electron chi connectivity index (χ0n) is 20.7. The Hall–Kier alpha value is -2.15. The van der Waals surface area contributed by atoms with Crippen LogP contribution in [0.2, 0.25) is 0 Å². The lowest BCUT2D eigenvalue weighted by Crippen LogP contribution is -2.41. The number of carbonyl (C=O) groups excluding carboxylic acids is 2. The van der Waals surface area contributed by atoms with Crippen LogP contribution in [0.1, 0.15) is 105 Å². The van der Waals surface area contributed by atoms with Gasteiger partial charge in [0, 0.05) is 44.7 Å². The Bertz CT molecular complexity index is 894. The van der Waals surface area contributed by atoms with Crippen molar-refractivity contribution in [3.05, 3.63) is 33.7 Å². The van der Waals surface area contributed by atoms with Crippen LogP contribution in [0.3, 0.4) is 0 Å². The zero-order valence-corrected chi connectivity index (χ0v) is 20.7. The summed E-state index contributed by atoms with van der Waals surface area (Å²) in [6.45, 7) is 4.63. The molecule has 2 heterocycles. The van der Waals surface area contributed by atoms with Crippen molar-refractivity contribution in [1.29, 1.82) is 0 Å². The van der Waals surface area contributed by atoms with Gasteiger partial charge >= 0.3 is 0 Å². The lowest BCUT2D eigenvalue weighted by atomic mass is 9.96. The molecule has 0 bridgehead atoms. The predicted molar refractivity (Wildman–Crippen MR) is 132 cm³/mol. The van der Waals surface area contributed by atoms with Gasteiger partial charge in [-0.3, -0.25) is 14.4 Å². The van der Waals surface area contributed by atoms with Crippen LogP contribution in [0.4, 0.5) is 0 Å². The summed E-state index contributed by atoms with van der Waals surface area (Å²) < 4.78 is 7.62. The van der Waals surface area contributed by atoms with Gasteiger partial charge < -0.3 is 19.5 Å². The maximum absolute atomic E-state index is 13.5. The van der Waals surface area contributed by atoms with Crippen LogP contribution in [-0.4, -0.2) is 53.1 Å². The molecule has 188 valence electrons. The SMILES string of the molecule is CCCN(CC1CC1)C(=O)c1cn(CC2CCCO2)cc(C(=O)NC2CCCCCCC2)c1=O. The van der Waals surface area contributed by atoms with E-state index in [1.165, 1.54) is 19.3 Å².